The second-order valence-corrected chi connectivity index (χ2v) is 10.8. The van der Waals surface area contributed by atoms with Crippen molar-refractivity contribution < 1.29 is 17.6 Å². The summed E-state index contributed by atoms with van der Waals surface area (Å²) in [6.45, 7) is 4.18. The number of nitrogens with zero attached hydrogens (tertiary/aromatic N) is 5. The number of nitriles is 1. The first-order chi connectivity index (χ1) is 16.7. The quantitative estimate of drug-likeness (QED) is 0.551. The van der Waals surface area contributed by atoms with Crippen LogP contribution in [-0.4, -0.2) is 70.3 Å². The van der Waals surface area contributed by atoms with Crippen LogP contribution in [0.15, 0.2) is 42.5 Å². The molecule has 0 unspecified atom stereocenters. The van der Waals surface area contributed by atoms with Crippen LogP contribution >= 0.6 is 0 Å². The number of carbonyl (C=O) groups excluding carboxylic acids is 1. The van der Waals surface area contributed by atoms with Gasteiger partial charge in [-0.3, -0.25) is 4.31 Å². The summed E-state index contributed by atoms with van der Waals surface area (Å²) in [7, 11) is -0.234. The standard InChI is InChI=1S/C25H32FN5O3S/c1-4-5-16-35(33,34)31(19-20-6-8-22(26)9-7-20)23-10-11-24(21(17-23)18-27)29-12-14-30(15-13-29)25(32)28(2)3/h6-11,17H,4-5,12-16,19H2,1-3H3. The molecule has 1 aliphatic rings. The van der Waals surface area contributed by atoms with Crippen molar-refractivity contribution in [1.82, 2.24) is 9.80 Å². The third-order valence-corrected chi connectivity index (χ3v) is 7.81. The Balaban J connectivity index is 1.88. The summed E-state index contributed by atoms with van der Waals surface area (Å²) in [6, 6.07) is 13.0. The summed E-state index contributed by atoms with van der Waals surface area (Å²) < 4.78 is 41.1. The van der Waals surface area contributed by atoms with Crippen molar-refractivity contribution in [2.45, 2.75) is 26.3 Å². The van der Waals surface area contributed by atoms with Gasteiger partial charge in [0.2, 0.25) is 10.0 Å². The second-order valence-electron chi connectivity index (χ2n) is 8.77. The maximum absolute atomic E-state index is 13.4. The molecular formula is C25H32FN5O3S. The zero-order chi connectivity index (χ0) is 25.6. The first kappa shape index (κ1) is 26.3. The number of unbranched alkanes of at least 4 members (excludes halogenated alkanes) is 1. The van der Waals surface area contributed by atoms with Gasteiger partial charge in [0.25, 0.3) is 0 Å². The van der Waals surface area contributed by atoms with E-state index < -0.39 is 15.8 Å². The molecule has 0 atom stereocenters. The third kappa shape index (κ3) is 6.42. The van der Waals surface area contributed by atoms with Crippen LogP contribution in [0.2, 0.25) is 0 Å². The van der Waals surface area contributed by atoms with Crippen molar-refractivity contribution in [2.75, 3.05) is 55.2 Å². The van der Waals surface area contributed by atoms with Crippen molar-refractivity contribution in [3.63, 3.8) is 0 Å². The smallest absolute Gasteiger partial charge is 0.319 e. The van der Waals surface area contributed by atoms with Gasteiger partial charge in [0.05, 0.1) is 29.2 Å². The van der Waals surface area contributed by atoms with E-state index >= 15 is 0 Å². The number of piperazine rings is 1. The highest BCUT2D eigenvalue weighted by Crippen LogP contribution is 2.30. The van der Waals surface area contributed by atoms with Gasteiger partial charge in [0.1, 0.15) is 11.9 Å². The average molecular weight is 502 g/mol. The first-order valence-corrected chi connectivity index (χ1v) is 13.3. The molecule has 8 nitrogen and oxygen atoms in total. The summed E-state index contributed by atoms with van der Waals surface area (Å²) in [6.07, 6.45) is 1.25. The van der Waals surface area contributed by atoms with Crippen LogP contribution in [0, 0.1) is 17.1 Å². The number of rotatable bonds is 8. The van der Waals surface area contributed by atoms with Gasteiger partial charge in [-0.25, -0.2) is 17.6 Å². The third-order valence-electron chi connectivity index (χ3n) is 5.99. The molecule has 0 N–H and O–H groups in total. The molecule has 0 radical (unpaired) electrons. The lowest BCUT2D eigenvalue weighted by molar-refractivity contribution is 0.168. The lowest BCUT2D eigenvalue weighted by Gasteiger charge is -2.37. The van der Waals surface area contributed by atoms with Crippen molar-refractivity contribution >= 4 is 27.4 Å². The number of halogens is 1. The molecule has 2 amide bonds. The molecule has 2 aromatic rings. The minimum atomic E-state index is -3.67. The fraction of sp³-hybridized carbons (Fsp3) is 0.440. The number of urea groups is 1. The maximum Gasteiger partial charge on any atom is 0.319 e. The van der Waals surface area contributed by atoms with E-state index in [0.29, 0.717) is 55.1 Å². The van der Waals surface area contributed by atoms with Crippen molar-refractivity contribution in [2.24, 2.45) is 0 Å². The Morgan fingerprint density at radius 3 is 2.31 bits per heavy atom. The zero-order valence-electron chi connectivity index (χ0n) is 20.4. The van der Waals surface area contributed by atoms with Gasteiger partial charge < -0.3 is 14.7 Å². The Kier molecular flexibility index (Phi) is 8.57. The molecule has 35 heavy (non-hydrogen) atoms. The SMILES string of the molecule is CCCCS(=O)(=O)N(Cc1ccc(F)cc1)c1ccc(N2CCN(C(=O)N(C)C)CC2)c(C#N)c1. The van der Waals surface area contributed by atoms with Gasteiger partial charge in [0.15, 0.2) is 0 Å². The largest absolute Gasteiger partial charge is 0.367 e. The predicted octanol–water partition coefficient (Wildman–Crippen LogP) is 3.64. The van der Waals surface area contributed by atoms with Gasteiger partial charge in [-0.15, -0.1) is 0 Å². The molecule has 1 fully saturated rings. The highest BCUT2D eigenvalue weighted by molar-refractivity contribution is 7.92. The molecule has 1 aliphatic heterocycles. The van der Waals surface area contributed by atoms with Crippen LogP contribution < -0.4 is 9.21 Å². The molecule has 2 aromatic carbocycles. The van der Waals surface area contributed by atoms with Crippen LogP contribution in [0.5, 0.6) is 0 Å². The summed E-state index contributed by atoms with van der Waals surface area (Å²) in [5, 5.41) is 9.88. The molecule has 0 aliphatic carbocycles. The predicted molar refractivity (Wildman–Crippen MR) is 135 cm³/mol. The van der Waals surface area contributed by atoms with E-state index in [2.05, 4.69) is 6.07 Å². The highest BCUT2D eigenvalue weighted by Gasteiger charge is 2.26. The van der Waals surface area contributed by atoms with E-state index in [1.54, 1.807) is 54.2 Å². The number of hydrogen-bond donors (Lipinski definition) is 0. The molecule has 0 spiro atoms. The lowest BCUT2D eigenvalue weighted by atomic mass is 10.1. The molecule has 1 heterocycles. The molecule has 10 heteroatoms. The molecule has 0 aromatic heterocycles. The van der Waals surface area contributed by atoms with Crippen LogP contribution in [0.4, 0.5) is 20.6 Å². The minimum Gasteiger partial charge on any atom is -0.367 e. The lowest BCUT2D eigenvalue weighted by Crippen LogP contribution is -2.51. The average Bonchev–Trinajstić information content (AvgIpc) is 2.86. The van der Waals surface area contributed by atoms with E-state index in [1.165, 1.54) is 16.4 Å². The highest BCUT2D eigenvalue weighted by atomic mass is 32.2. The van der Waals surface area contributed by atoms with Crippen LogP contribution in [0.1, 0.15) is 30.9 Å². The normalized spacial score (nSPS) is 13.9. The van der Waals surface area contributed by atoms with Gasteiger partial charge in [0, 0.05) is 40.3 Å². The van der Waals surface area contributed by atoms with Crippen LogP contribution in [0.3, 0.4) is 0 Å². The summed E-state index contributed by atoms with van der Waals surface area (Å²) >= 11 is 0. The van der Waals surface area contributed by atoms with E-state index in [1.807, 2.05) is 11.8 Å². The topological polar surface area (TPSA) is 88.0 Å². The number of benzene rings is 2. The van der Waals surface area contributed by atoms with Gasteiger partial charge in [-0.1, -0.05) is 25.5 Å². The Morgan fingerprint density at radius 2 is 1.74 bits per heavy atom. The molecule has 3 rings (SSSR count). The van der Waals surface area contributed by atoms with Crippen molar-refractivity contribution in [3.8, 4) is 6.07 Å². The molecule has 0 bridgehead atoms. The van der Waals surface area contributed by atoms with E-state index in [0.717, 1.165) is 6.42 Å². The van der Waals surface area contributed by atoms with E-state index in [4.69, 9.17) is 0 Å². The Morgan fingerprint density at radius 1 is 1.09 bits per heavy atom. The Labute approximate surface area is 207 Å². The minimum absolute atomic E-state index is 0.0177. The van der Waals surface area contributed by atoms with Crippen molar-refractivity contribution in [1.29, 1.82) is 5.26 Å². The number of hydrogen-bond acceptors (Lipinski definition) is 5. The maximum atomic E-state index is 13.4. The molecule has 1 saturated heterocycles. The number of carbonyl (C=O) groups is 1. The fourth-order valence-corrected chi connectivity index (χ4v) is 5.66. The molecular weight excluding hydrogens is 469 g/mol. The Hall–Kier alpha value is -3.32. The van der Waals surface area contributed by atoms with Gasteiger partial charge in [-0.2, -0.15) is 5.26 Å². The number of anilines is 2. The molecule has 0 saturated carbocycles. The summed E-state index contributed by atoms with van der Waals surface area (Å²) in [4.78, 5) is 17.6. The number of sulfonamides is 1. The monoisotopic (exact) mass is 501 g/mol. The van der Waals surface area contributed by atoms with Crippen LogP contribution in [-0.2, 0) is 16.6 Å². The fourth-order valence-electron chi connectivity index (χ4n) is 4.01. The van der Waals surface area contributed by atoms with E-state index in [-0.39, 0.29) is 18.3 Å². The Bertz CT molecular complexity index is 1170. The molecule has 188 valence electrons. The summed E-state index contributed by atoms with van der Waals surface area (Å²) in [5.74, 6) is -0.409. The summed E-state index contributed by atoms with van der Waals surface area (Å²) in [5.41, 5.74) is 2.12. The first-order valence-electron chi connectivity index (χ1n) is 11.7. The number of amides is 2. The second kappa shape index (κ2) is 11.4. The van der Waals surface area contributed by atoms with Gasteiger partial charge in [-0.05, 0) is 42.3 Å². The van der Waals surface area contributed by atoms with E-state index in [9.17, 15) is 22.9 Å². The zero-order valence-corrected chi connectivity index (χ0v) is 21.3. The van der Waals surface area contributed by atoms with Gasteiger partial charge >= 0.3 is 6.03 Å². The van der Waals surface area contributed by atoms with Crippen LogP contribution in [0.25, 0.3) is 0 Å². The van der Waals surface area contributed by atoms with Crippen molar-refractivity contribution in [3.05, 3.63) is 59.4 Å².